The molecule has 1 aromatic heterocycles. The maximum atomic E-state index is 11.6. The molecule has 2 aromatic rings. The van der Waals surface area contributed by atoms with Gasteiger partial charge in [-0.1, -0.05) is 25.2 Å². The summed E-state index contributed by atoms with van der Waals surface area (Å²) in [6.45, 7) is 8.84. The molecular weight excluding hydrogens is 354 g/mol. The molecule has 0 spiro atoms. The van der Waals surface area contributed by atoms with Crippen LogP contribution in [0, 0.1) is 16.0 Å². The second-order valence-electron chi connectivity index (χ2n) is 6.68. The van der Waals surface area contributed by atoms with E-state index in [9.17, 15) is 14.9 Å². The highest BCUT2D eigenvalue weighted by atomic mass is 32.1. The molecule has 0 saturated carbocycles. The highest BCUT2D eigenvalue weighted by Gasteiger charge is 2.20. The highest BCUT2D eigenvalue weighted by Crippen LogP contribution is 2.31. The number of nitro benzene ring substituents is 1. The van der Waals surface area contributed by atoms with Gasteiger partial charge < -0.3 is 10.2 Å². The van der Waals surface area contributed by atoms with Crippen LogP contribution in [0.2, 0.25) is 0 Å². The zero-order chi connectivity index (χ0) is 18.7. The van der Waals surface area contributed by atoms with Gasteiger partial charge in [-0.05, 0) is 6.07 Å². The summed E-state index contributed by atoms with van der Waals surface area (Å²) in [4.78, 5) is 31.3. The topological polar surface area (TPSA) is 91.6 Å². The largest absolute Gasteiger partial charge is 0.355 e. The van der Waals surface area contributed by atoms with E-state index in [1.54, 1.807) is 12.1 Å². The van der Waals surface area contributed by atoms with E-state index in [0.29, 0.717) is 6.54 Å². The van der Waals surface area contributed by atoms with Gasteiger partial charge in [0.25, 0.3) is 5.69 Å². The van der Waals surface area contributed by atoms with Gasteiger partial charge in [0.05, 0.1) is 15.1 Å². The Morgan fingerprint density at radius 2 is 2.08 bits per heavy atom. The number of carbonyl (C=O) groups is 1. The summed E-state index contributed by atoms with van der Waals surface area (Å²) >= 11 is 1.50. The standard InChI is InChI=1S/C17H23N5O3S/c1-12(2)16(23)18-5-6-20-7-9-21(10-8-20)17-19-14-4-3-13(22(24)25)11-15(14)26-17/h3-4,11-12H,5-10H2,1-2H3,(H,18,23). The number of carbonyl (C=O) groups excluding carboxylic acids is 1. The summed E-state index contributed by atoms with van der Waals surface area (Å²) in [5.74, 6) is 0.105. The van der Waals surface area contributed by atoms with Crippen molar-refractivity contribution in [3.8, 4) is 0 Å². The molecule has 3 rings (SSSR count). The third-order valence-electron chi connectivity index (χ3n) is 4.47. The van der Waals surface area contributed by atoms with Crippen molar-refractivity contribution in [3.05, 3.63) is 28.3 Å². The number of anilines is 1. The van der Waals surface area contributed by atoms with Gasteiger partial charge in [0.15, 0.2) is 5.13 Å². The molecule has 0 atom stereocenters. The maximum absolute atomic E-state index is 11.6. The predicted molar refractivity (Wildman–Crippen MR) is 103 cm³/mol. The van der Waals surface area contributed by atoms with Gasteiger partial charge in [-0.15, -0.1) is 0 Å². The molecule has 0 bridgehead atoms. The number of rotatable bonds is 6. The molecule has 1 saturated heterocycles. The quantitative estimate of drug-likeness (QED) is 0.612. The van der Waals surface area contributed by atoms with Crippen molar-refractivity contribution in [2.24, 2.45) is 5.92 Å². The highest BCUT2D eigenvalue weighted by molar-refractivity contribution is 7.22. The number of nitrogens with one attached hydrogen (secondary N) is 1. The third kappa shape index (κ3) is 4.28. The van der Waals surface area contributed by atoms with E-state index in [2.05, 4.69) is 20.1 Å². The number of benzene rings is 1. The van der Waals surface area contributed by atoms with Crippen LogP contribution in [0.5, 0.6) is 0 Å². The Bertz CT molecular complexity index is 799. The van der Waals surface area contributed by atoms with Crippen molar-refractivity contribution in [1.29, 1.82) is 0 Å². The minimum atomic E-state index is -0.379. The lowest BCUT2D eigenvalue weighted by Gasteiger charge is -2.34. The molecule has 140 valence electrons. The van der Waals surface area contributed by atoms with Gasteiger partial charge in [-0.25, -0.2) is 4.98 Å². The maximum Gasteiger partial charge on any atom is 0.270 e. The van der Waals surface area contributed by atoms with E-state index in [1.807, 2.05) is 13.8 Å². The van der Waals surface area contributed by atoms with Crippen LogP contribution >= 0.6 is 11.3 Å². The Morgan fingerprint density at radius 3 is 2.73 bits per heavy atom. The number of piperazine rings is 1. The Morgan fingerprint density at radius 1 is 1.35 bits per heavy atom. The summed E-state index contributed by atoms with van der Waals surface area (Å²) in [7, 11) is 0. The van der Waals surface area contributed by atoms with E-state index in [-0.39, 0.29) is 22.4 Å². The van der Waals surface area contributed by atoms with Crippen molar-refractivity contribution in [3.63, 3.8) is 0 Å². The molecule has 9 heteroatoms. The van der Waals surface area contributed by atoms with Crippen LogP contribution in [-0.4, -0.2) is 60.0 Å². The van der Waals surface area contributed by atoms with Crippen molar-refractivity contribution >= 4 is 38.3 Å². The number of amides is 1. The van der Waals surface area contributed by atoms with Crippen molar-refractivity contribution in [2.45, 2.75) is 13.8 Å². The lowest BCUT2D eigenvalue weighted by molar-refractivity contribution is -0.384. The van der Waals surface area contributed by atoms with E-state index in [0.717, 1.165) is 48.1 Å². The van der Waals surface area contributed by atoms with Crippen molar-refractivity contribution < 1.29 is 9.72 Å². The third-order valence-corrected chi connectivity index (χ3v) is 5.54. The Hall–Kier alpha value is -2.26. The SMILES string of the molecule is CC(C)C(=O)NCCN1CCN(c2nc3ccc([N+](=O)[O-])cc3s2)CC1. The molecule has 8 nitrogen and oxygen atoms in total. The van der Waals surface area contributed by atoms with Crippen molar-refractivity contribution in [1.82, 2.24) is 15.2 Å². The molecule has 1 amide bonds. The fourth-order valence-electron chi connectivity index (χ4n) is 2.85. The fourth-order valence-corrected chi connectivity index (χ4v) is 3.90. The predicted octanol–water partition coefficient (Wildman–Crippen LogP) is 2.10. The van der Waals surface area contributed by atoms with Crippen LogP contribution in [0.25, 0.3) is 10.2 Å². The van der Waals surface area contributed by atoms with Gasteiger partial charge in [0, 0.05) is 57.3 Å². The van der Waals surface area contributed by atoms with Gasteiger partial charge >= 0.3 is 0 Å². The Balaban J connectivity index is 1.54. The van der Waals surface area contributed by atoms with E-state index >= 15 is 0 Å². The number of nitro groups is 1. The second-order valence-corrected chi connectivity index (χ2v) is 7.69. The molecule has 1 aromatic carbocycles. The molecule has 2 heterocycles. The number of non-ortho nitro benzene ring substituents is 1. The van der Waals surface area contributed by atoms with E-state index in [4.69, 9.17) is 0 Å². The van der Waals surface area contributed by atoms with Crippen LogP contribution in [0.3, 0.4) is 0 Å². The van der Waals surface area contributed by atoms with Gasteiger partial charge in [0.2, 0.25) is 5.91 Å². The summed E-state index contributed by atoms with van der Waals surface area (Å²) in [6, 6.07) is 4.79. The average Bonchev–Trinajstić information content (AvgIpc) is 3.05. The monoisotopic (exact) mass is 377 g/mol. The normalized spacial score (nSPS) is 15.6. The molecular formula is C17H23N5O3S. The fraction of sp³-hybridized carbons (Fsp3) is 0.529. The van der Waals surface area contributed by atoms with Gasteiger partial charge in [0.1, 0.15) is 0 Å². The molecule has 0 unspecified atom stereocenters. The second kappa shape index (κ2) is 7.96. The Labute approximate surface area is 156 Å². The molecule has 1 aliphatic heterocycles. The zero-order valence-electron chi connectivity index (χ0n) is 15.0. The number of nitrogens with zero attached hydrogens (tertiary/aromatic N) is 4. The van der Waals surface area contributed by atoms with Crippen LogP contribution in [0.4, 0.5) is 10.8 Å². The first-order chi connectivity index (χ1) is 12.4. The lowest BCUT2D eigenvalue weighted by Crippen LogP contribution is -2.48. The van der Waals surface area contributed by atoms with Crippen molar-refractivity contribution in [2.75, 3.05) is 44.2 Å². The van der Waals surface area contributed by atoms with E-state index in [1.165, 1.54) is 17.4 Å². The van der Waals surface area contributed by atoms with Crippen LogP contribution < -0.4 is 10.2 Å². The number of aromatic nitrogens is 1. The first-order valence-corrected chi connectivity index (χ1v) is 9.55. The number of hydrogen-bond acceptors (Lipinski definition) is 7. The van der Waals surface area contributed by atoms with Gasteiger partial charge in [-0.3, -0.25) is 19.8 Å². The molecule has 1 aliphatic rings. The molecule has 0 aliphatic carbocycles. The summed E-state index contributed by atoms with van der Waals surface area (Å²) in [6.07, 6.45) is 0. The van der Waals surface area contributed by atoms with Crippen LogP contribution in [0.1, 0.15) is 13.8 Å². The molecule has 1 fully saturated rings. The molecule has 26 heavy (non-hydrogen) atoms. The summed E-state index contributed by atoms with van der Waals surface area (Å²) in [5.41, 5.74) is 0.899. The first kappa shape index (κ1) is 18.5. The number of fused-ring (bicyclic) bond motifs is 1. The molecule has 0 radical (unpaired) electrons. The van der Waals surface area contributed by atoms with Gasteiger partial charge in [-0.2, -0.15) is 0 Å². The minimum absolute atomic E-state index is 0.0155. The Kier molecular flexibility index (Phi) is 5.67. The summed E-state index contributed by atoms with van der Waals surface area (Å²) in [5, 5.41) is 14.8. The van der Waals surface area contributed by atoms with Crippen LogP contribution in [-0.2, 0) is 4.79 Å². The first-order valence-electron chi connectivity index (χ1n) is 8.74. The number of thiazole rings is 1. The van der Waals surface area contributed by atoms with E-state index < -0.39 is 0 Å². The summed E-state index contributed by atoms with van der Waals surface area (Å²) < 4.78 is 0.841. The minimum Gasteiger partial charge on any atom is -0.355 e. The zero-order valence-corrected chi connectivity index (χ0v) is 15.8. The lowest BCUT2D eigenvalue weighted by atomic mass is 10.2. The molecule has 1 N–H and O–H groups in total. The number of hydrogen-bond donors (Lipinski definition) is 1. The smallest absolute Gasteiger partial charge is 0.270 e. The van der Waals surface area contributed by atoms with Crippen LogP contribution in [0.15, 0.2) is 18.2 Å². The average molecular weight is 377 g/mol.